The molecule has 1 fully saturated rings. The minimum Gasteiger partial charge on any atom is -0.375 e. The molecule has 2 rings (SSSR count). The lowest BCUT2D eigenvalue weighted by Gasteiger charge is -2.31. The van der Waals surface area contributed by atoms with Crippen LogP contribution in [0.5, 0.6) is 0 Å². The molecule has 0 aliphatic carbocycles. The summed E-state index contributed by atoms with van der Waals surface area (Å²) in [6, 6.07) is 3.56. The number of hydrogen-bond acceptors (Lipinski definition) is 4. The Bertz CT molecular complexity index is 348. The summed E-state index contributed by atoms with van der Waals surface area (Å²) in [5.74, 6) is 0. The first kappa shape index (κ1) is 12.7. The summed E-state index contributed by atoms with van der Waals surface area (Å²) in [5.41, 5.74) is 0.807. The molecule has 1 aliphatic rings. The van der Waals surface area contributed by atoms with Gasteiger partial charge >= 0.3 is 0 Å². The number of nitrogens with zero attached hydrogens (tertiary/aromatic N) is 2. The van der Waals surface area contributed by atoms with E-state index in [1.165, 1.54) is 0 Å². The van der Waals surface area contributed by atoms with Crippen LogP contribution in [0.15, 0.2) is 12.1 Å². The molecule has 0 radical (unpaired) electrons. The quantitative estimate of drug-likeness (QED) is 0.834. The van der Waals surface area contributed by atoms with Crippen LogP contribution in [0, 0.1) is 0 Å². The first-order valence-corrected chi connectivity index (χ1v) is 6.26. The van der Waals surface area contributed by atoms with Gasteiger partial charge in [0.1, 0.15) is 0 Å². The second-order valence-electron chi connectivity index (χ2n) is 4.51. The van der Waals surface area contributed by atoms with Gasteiger partial charge in [0.15, 0.2) is 5.15 Å². The van der Waals surface area contributed by atoms with Gasteiger partial charge < -0.3 is 9.47 Å². The highest BCUT2D eigenvalue weighted by Gasteiger charge is 2.24. The standard InChI is InChI=1S/C12H17ClN2O2/c1-8-5-11(6-9(2)17-8)16-7-10-3-4-12(13)15-14-10/h3-4,8-9,11H,5-7H2,1-2H3. The molecule has 0 N–H and O–H groups in total. The lowest BCUT2D eigenvalue weighted by atomic mass is 10.0. The normalized spacial score (nSPS) is 29.2. The van der Waals surface area contributed by atoms with E-state index in [1.54, 1.807) is 6.07 Å². The zero-order valence-corrected chi connectivity index (χ0v) is 10.9. The molecule has 0 spiro atoms. The summed E-state index contributed by atoms with van der Waals surface area (Å²) in [4.78, 5) is 0. The molecule has 0 aromatic carbocycles. The number of rotatable bonds is 3. The van der Waals surface area contributed by atoms with Crippen LogP contribution in [0.2, 0.25) is 5.15 Å². The average Bonchev–Trinajstić information content (AvgIpc) is 2.27. The SMILES string of the molecule is CC1CC(OCc2ccc(Cl)nn2)CC(C)O1. The Balaban J connectivity index is 1.83. The molecule has 1 saturated heterocycles. The zero-order valence-electron chi connectivity index (χ0n) is 10.1. The fraction of sp³-hybridized carbons (Fsp3) is 0.667. The van der Waals surface area contributed by atoms with Crippen molar-refractivity contribution in [3.8, 4) is 0 Å². The van der Waals surface area contributed by atoms with Crippen LogP contribution >= 0.6 is 11.6 Å². The van der Waals surface area contributed by atoms with Crippen molar-refractivity contribution in [3.63, 3.8) is 0 Å². The van der Waals surface area contributed by atoms with E-state index in [0.29, 0.717) is 11.8 Å². The van der Waals surface area contributed by atoms with Crippen LogP contribution in [0.1, 0.15) is 32.4 Å². The van der Waals surface area contributed by atoms with Crippen molar-refractivity contribution in [2.24, 2.45) is 0 Å². The van der Waals surface area contributed by atoms with Gasteiger partial charge in [-0.1, -0.05) is 11.6 Å². The van der Waals surface area contributed by atoms with E-state index in [4.69, 9.17) is 21.1 Å². The van der Waals surface area contributed by atoms with Crippen molar-refractivity contribution < 1.29 is 9.47 Å². The lowest BCUT2D eigenvalue weighted by Crippen LogP contribution is -2.34. The monoisotopic (exact) mass is 256 g/mol. The third kappa shape index (κ3) is 3.91. The van der Waals surface area contributed by atoms with E-state index in [1.807, 2.05) is 6.07 Å². The Morgan fingerprint density at radius 1 is 1.29 bits per heavy atom. The first-order valence-electron chi connectivity index (χ1n) is 5.88. The Kier molecular flexibility index (Phi) is 4.31. The van der Waals surface area contributed by atoms with Crippen molar-refractivity contribution in [2.75, 3.05) is 0 Å². The van der Waals surface area contributed by atoms with E-state index in [2.05, 4.69) is 24.0 Å². The molecule has 2 atom stereocenters. The van der Waals surface area contributed by atoms with Gasteiger partial charge in [-0.25, -0.2) is 0 Å². The summed E-state index contributed by atoms with van der Waals surface area (Å²) in [6.07, 6.45) is 2.64. The van der Waals surface area contributed by atoms with Gasteiger partial charge in [0.05, 0.1) is 30.6 Å². The molecule has 1 aliphatic heterocycles. The smallest absolute Gasteiger partial charge is 0.151 e. The van der Waals surface area contributed by atoms with Crippen molar-refractivity contribution >= 4 is 11.6 Å². The van der Waals surface area contributed by atoms with Gasteiger partial charge in [-0.15, -0.1) is 5.10 Å². The van der Waals surface area contributed by atoms with E-state index in [9.17, 15) is 0 Å². The van der Waals surface area contributed by atoms with Crippen molar-refractivity contribution in [3.05, 3.63) is 23.0 Å². The maximum Gasteiger partial charge on any atom is 0.151 e. The zero-order chi connectivity index (χ0) is 12.3. The topological polar surface area (TPSA) is 44.2 Å². The molecule has 94 valence electrons. The second kappa shape index (κ2) is 5.76. The third-order valence-corrected chi connectivity index (χ3v) is 3.01. The molecule has 2 unspecified atom stereocenters. The third-order valence-electron chi connectivity index (χ3n) is 2.81. The van der Waals surface area contributed by atoms with Crippen molar-refractivity contribution in [1.82, 2.24) is 10.2 Å². The van der Waals surface area contributed by atoms with E-state index >= 15 is 0 Å². The molecule has 0 saturated carbocycles. The molecule has 4 nitrogen and oxygen atoms in total. The number of halogens is 1. The van der Waals surface area contributed by atoms with Gasteiger partial charge in [0, 0.05) is 0 Å². The summed E-state index contributed by atoms with van der Waals surface area (Å²) in [7, 11) is 0. The van der Waals surface area contributed by atoms with Crippen molar-refractivity contribution in [1.29, 1.82) is 0 Å². The molecule has 0 bridgehead atoms. The van der Waals surface area contributed by atoms with Gasteiger partial charge in [0.25, 0.3) is 0 Å². The summed E-state index contributed by atoms with van der Waals surface area (Å²) < 4.78 is 11.5. The number of aromatic nitrogens is 2. The maximum absolute atomic E-state index is 5.82. The van der Waals surface area contributed by atoms with Crippen LogP contribution in [0.25, 0.3) is 0 Å². The molecule has 17 heavy (non-hydrogen) atoms. The Labute approximate surface area is 106 Å². The van der Waals surface area contributed by atoms with E-state index in [0.717, 1.165) is 18.5 Å². The molecule has 2 heterocycles. The van der Waals surface area contributed by atoms with Crippen LogP contribution in [0.4, 0.5) is 0 Å². The average molecular weight is 257 g/mol. The first-order chi connectivity index (χ1) is 8.13. The number of ether oxygens (including phenoxy) is 2. The highest BCUT2D eigenvalue weighted by Crippen LogP contribution is 2.22. The molecule has 1 aromatic heterocycles. The van der Waals surface area contributed by atoms with Crippen LogP contribution in [-0.2, 0) is 16.1 Å². The predicted molar refractivity (Wildman–Crippen MR) is 64.9 cm³/mol. The van der Waals surface area contributed by atoms with Gasteiger partial charge in [-0.3, -0.25) is 0 Å². The minimum absolute atomic E-state index is 0.242. The summed E-state index contributed by atoms with van der Waals surface area (Å²) in [6.45, 7) is 4.64. The maximum atomic E-state index is 5.82. The Hall–Kier alpha value is -0.710. The molecule has 0 amide bonds. The van der Waals surface area contributed by atoms with Gasteiger partial charge in [-0.2, -0.15) is 5.10 Å². The molecule has 1 aromatic rings. The minimum atomic E-state index is 0.242. The van der Waals surface area contributed by atoms with E-state index < -0.39 is 0 Å². The largest absolute Gasteiger partial charge is 0.375 e. The van der Waals surface area contributed by atoms with Crippen LogP contribution in [0.3, 0.4) is 0 Å². The molecular formula is C12H17ClN2O2. The van der Waals surface area contributed by atoms with Crippen LogP contribution < -0.4 is 0 Å². The van der Waals surface area contributed by atoms with Gasteiger partial charge in [0.2, 0.25) is 0 Å². The van der Waals surface area contributed by atoms with Crippen molar-refractivity contribution in [2.45, 2.75) is 51.6 Å². The number of hydrogen-bond donors (Lipinski definition) is 0. The van der Waals surface area contributed by atoms with Crippen LogP contribution in [-0.4, -0.2) is 28.5 Å². The predicted octanol–water partition coefficient (Wildman–Crippen LogP) is 2.60. The van der Waals surface area contributed by atoms with Gasteiger partial charge in [-0.05, 0) is 38.8 Å². The highest BCUT2D eigenvalue weighted by molar-refractivity contribution is 6.29. The lowest BCUT2D eigenvalue weighted by molar-refractivity contribution is -0.106. The molecular weight excluding hydrogens is 240 g/mol. The fourth-order valence-electron chi connectivity index (χ4n) is 2.10. The summed E-state index contributed by atoms with van der Waals surface area (Å²) >= 11 is 5.67. The summed E-state index contributed by atoms with van der Waals surface area (Å²) in [5, 5.41) is 8.15. The van der Waals surface area contributed by atoms with E-state index in [-0.39, 0.29) is 18.3 Å². The second-order valence-corrected chi connectivity index (χ2v) is 4.90. The Morgan fingerprint density at radius 3 is 2.59 bits per heavy atom. The molecule has 5 heteroatoms. The fourth-order valence-corrected chi connectivity index (χ4v) is 2.21. The Morgan fingerprint density at radius 2 is 2.00 bits per heavy atom. The highest BCUT2D eigenvalue weighted by atomic mass is 35.5.